The van der Waals surface area contributed by atoms with E-state index in [4.69, 9.17) is 13.9 Å². The highest BCUT2D eigenvalue weighted by Crippen LogP contribution is 2.27. The number of carbonyl (C=O) groups is 3. The molecular weight excluding hydrogens is 428 g/mol. The number of nitrogens with zero attached hydrogens (tertiary/aromatic N) is 1. The van der Waals surface area contributed by atoms with Crippen molar-refractivity contribution in [2.75, 3.05) is 20.2 Å². The van der Waals surface area contributed by atoms with E-state index in [-0.39, 0.29) is 24.5 Å². The predicted molar refractivity (Wildman–Crippen MR) is 129 cm³/mol. The lowest BCUT2D eigenvalue weighted by atomic mass is 9.99. The Morgan fingerprint density at radius 2 is 1.62 bits per heavy atom. The molecule has 0 rings (SSSR count). The molecule has 32 heavy (non-hydrogen) atoms. The van der Waals surface area contributed by atoms with Gasteiger partial charge in [0.25, 0.3) is 0 Å². The lowest BCUT2D eigenvalue weighted by Crippen LogP contribution is -2.52. The second-order valence-electron chi connectivity index (χ2n) is 10.5. The van der Waals surface area contributed by atoms with Gasteiger partial charge in [-0.1, -0.05) is 33.4 Å². The van der Waals surface area contributed by atoms with Gasteiger partial charge in [-0.2, -0.15) is 0 Å². The SMILES string of the molecule is C=CCC(NC(=O)OC(C)(C)C)C(=O)N(CC(=C)C(C)(C)O[SiH2]C(C)(C)C)CC(=O)OC. The Morgan fingerprint density at radius 1 is 1.06 bits per heavy atom. The molecule has 0 aliphatic carbocycles. The monoisotopic (exact) mass is 470 g/mol. The van der Waals surface area contributed by atoms with Crippen LogP contribution in [-0.2, 0) is 23.5 Å². The summed E-state index contributed by atoms with van der Waals surface area (Å²) in [6, 6.07) is -0.951. The Labute approximate surface area is 195 Å². The molecule has 8 nitrogen and oxygen atoms in total. The molecule has 0 aromatic carbocycles. The average Bonchev–Trinajstić information content (AvgIpc) is 2.62. The topological polar surface area (TPSA) is 94.2 Å². The van der Waals surface area contributed by atoms with Gasteiger partial charge in [-0.3, -0.25) is 9.59 Å². The van der Waals surface area contributed by atoms with Gasteiger partial charge in [0.2, 0.25) is 5.91 Å². The fourth-order valence-corrected chi connectivity index (χ4v) is 3.41. The molecule has 2 amide bonds. The smallest absolute Gasteiger partial charge is 0.408 e. The molecule has 0 saturated heterocycles. The Morgan fingerprint density at radius 3 is 2.06 bits per heavy atom. The fourth-order valence-electron chi connectivity index (χ4n) is 2.41. The van der Waals surface area contributed by atoms with Gasteiger partial charge in [0.15, 0.2) is 9.76 Å². The van der Waals surface area contributed by atoms with Crippen molar-refractivity contribution in [3.8, 4) is 0 Å². The maximum atomic E-state index is 13.3. The molecule has 1 unspecified atom stereocenters. The highest BCUT2D eigenvalue weighted by Gasteiger charge is 2.32. The zero-order valence-electron chi connectivity index (χ0n) is 21.3. The minimum Gasteiger partial charge on any atom is -0.468 e. The van der Waals surface area contributed by atoms with Gasteiger partial charge in [0, 0.05) is 6.54 Å². The number of carbonyl (C=O) groups excluding carboxylic acids is 3. The highest BCUT2D eigenvalue weighted by atomic mass is 28.2. The zero-order chi connectivity index (χ0) is 25.3. The van der Waals surface area contributed by atoms with Crippen molar-refractivity contribution in [1.82, 2.24) is 10.2 Å². The first-order valence-electron chi connectivity index (χ1n) is 10.7. The molecule has 0 heterocycles. The molecule has 0 aromatic heterocycles. The zero-order valence-corrected chi connectivity index (χ0v) is 22.7. The summed E-state index contributed by atoms with van der Waals surface area (Å²) in [4.78, 5) is 38.9. The minimum absolute atomic E-state index is 0.0725. The molecule has 1 atom stereocenters. The number of rotatable bonds is 11. The summed E-state index contributed by atoms with van der Waals surface area (Å²) >= 11 is 0. The number of amides is 2. The van der Waals surface area contributed by atoms with Crippen LogP contribution >= 0.6 is 0 Å². The Hall–Kier alpha value is -2.13. The average molecular weight is 471 g/mol. The molecule has 0 aliphatic heterocycles. The van der Waals surface area contributed by atoms with E-state index in [1.165, 1.54) is 18.1 Å². The van der Waals surface area contributed by atoms with Gasteiger partial charge >= 0.3 is 12.1 Å². The van der Waals surface area contributed by atoms with Gasteiger partial charge in [0.1, 0.15) is 18.2 Å². The number of esters is 1. The summed E-state index contributed by atoms with van der Waals surface area (Å²) in [5.74, 6) is -1.05. The number of hydrogen-bond acceptors (Lipinski definition) is 6. The van der Waals surface area contributed by atoms with Crippen LogP contribution in [0.15, 0.2) is 24.8 Å². The van der Waals surface area contributed by atoms with Crippen molar-refractivity contribution in [2.45, 2.75) is 84.1 Å². The molecule has 0 fully saturated rings. The molecule has 9 heteroatoms. The Bertz CT molecular complexity index is 692. The lowest BCUT2D eigenvalue weighted by Gasteiger charge is -2.35. The van der Waals surface area contributed by atoms with Crippen LogP contribution in [-0.4, -0.2) is 70.1 Å². The van der Waals surface area contributed by atoms with Crippen molar-refractivity contribution in [3.63, 3.8) is 0 Å². The Kier molecular flexibility index (Phi) is 11.4. The second kappa shape index (κ2) is 12.2. The maximum Gasteiger partial charge on any atom is 0.408 e. The third-order valence-electron chi connectivity index (χ3n) is 4.35. The van der Waals surface area contributed by atoms with Crippen LogP contribution in [0, 0.1) is 0 Å². The van der Waals surface area contributed by atoms with Crippen LogP contribution in [0.3, 0.4) is 0 Å². The summed E-state index contributed by atoms with van der Waals surface area (Å²) in [7, 11) is 0.377. The molecule has 184 valence electrons. The molecule has 0 aliphatic rings. The number of methoxy groups -OCH3 is 1. The fraction of sp³-hybridized carbons (Fsp3) is 0.696. The van der Waals surface area contributed by atoms with E-state index < -0.39 is 45.0 Å². The van der Waals surface area contributed by atoms with Crippen LogP contribution in [0.4, 0.5) is 4.79 Å². The highest BCUT2D eigenvalue weighted by molar-refractivity contribution is 6.31. The van der Waals surface area contributed by atoms with E-state index >= 15 is 0 Å². The van der Waals surface area contributed by atoms with Gasteiger partial charge in [-0.05, 0) is 51.7 Å². The van der Waals surface area contributed by atoms with Crippen LogP contribution in [0.25, 0.3) is 0 Å². The lowest BCUT2D eigenvalue weighted by molar-refractivity contribution is -0.147. The summed E-state index contributed by atoms with van der Waals surface area (Å²) in [5.41, 5.74) is -0.758. The maximum absolute atomic E-state index is 13.3. The van der Waals surface area contributed by atoms with Crippen molar-refractivity contribution >= 4 is 27.7 Å². The van der Waals surface area contributed by atoms with E-state index in [2.05, 4.69) is 39.2 Å². The molecule has 0 aromatic rings. The molecule has 0 bridgehead atoms. The Balaban J connectivity index is 5.61. The van der Waals surface area contributed by atoms with Crippen molar-refractivity contribution < 1.29 is 28.3 Å². The van der Waals surface area contributed by atoms with E-state index in [9.17, 15) is 14.4 Å². The number of hydrogen-bond donors (Lipinski definition) is 1. The van der Waals surface area contributed by atoms with E-state index in [1.54, 1.807) is 20.8 Å². The van der Waals surface area contributed by atoms with E-state index in [0.717, 1.165) is 0 Å². The largest absolute Gasteiger partial charge is 0.468 e. The summed E-state index contributed by atoms with van der Waals surface area (Å²) in [6.07, 6.45) is 0.959. The first-order chi connectivity index (χ1) is 14.4. The van der Waals surface area contributed by atoms with Gasteiger partial charge in [-0.15, -0.1) is 6.58 Å². The first-order valence-corrected chi connectivity index (χ1v) is 12.0. The molecule has 0 spiro atoms. The van der Waals surface area contributed by atoms with Gasteiger partial charge in [-0.25, -0.2) is 4.79 Å². The molecule has 1 N–H and O–H groups in total. The van der Waals surface area contributed by atoms with Crippen molar-refractivity contribution in [1.29, 1.82) is 0 Å². The third kappa shape index (κ3) is 12.0. The first kappa shape index (κ1) is 29.9. The summed E-state index contributed by atoms with van der Waals surface area (Å²) < 4.78 is 16.2. The quantitative estimate of drug-likeness (QED) is 0.283. The van der Waals surface area contributed by atoms with Crippen LogP contribution in [0.5, 0.6) is 0 Å². The molecule has 0 saturated carbocycles. The summed E-state index contributed by atoms with van der Waals surface area (Å²) in [6.45, 7) is 22.9. The second-order valence-corrected chi connectivity index (χ2v) is 13.2. The van der Waals surface area contributed by atoms with E-state index in [1.807, 2.05) is 13.8 Å². The third-order valence-corrected chi connectivity index (χ3v) is 6.08. The van der Waals surface area contributed by atoms with Crippen LogP contribution < -0.4 is 5.32 Å². The minimum atomic E-state index is -0.951. The van der Waals surface area contributed by atoms with Gasteiger partial charge < -0.3 is 24.1 Å². The van der Waals surface area contributed by atoms with Crippen LogP contribution in [0.2, 0.25) is 5.04 Å². The van der Waals surface area contributed by atoms with Crippen molar-refractivity contribution in [2.24, 2.45) is 0 Å². The summed E-state index contributed by atoms with van der Waals surface area (Å²) in [5, 5.41) is 2.66. The molecule has 0 radical (unpaired) electrons. The van der Waals surface area contributed by atoms with Gasteiger partial charge in [0.05, 0.1) is 12.7 Å². The predicted octanol–water partition coefficient (Wildman–Crippen LogP) is 3.11. The normalized spacial score (nSPS) is 13.4. The number of alkyl carbamates (subject to hydrolysis) is 1. The molecular formula is C23H42N2O6Si. The van der Waals surface area contributed by atoms with Crippen molar-refractivity contribution in [3.05, 3.63) is 24.8 Å². The van der Waals surface area contributed by atoms with Crippen LogP contribution in [0.1, 0.15) is 61.8 Å². The van der Waals surface area contributed by atoms with E-state index in [0.29, 0.717) is 5.57 Å². The standard InChI is InChI=1S/C23H42N2O6Si/c1-12-13-17(24-20(28)30-21(3,4)5)19(27)25(15-18(26)29-11)14-16(2)23(9,10)31-32-22(6,7)8/h12,17H,1-2,13-15,32H2,3-11H3,(H,24,28). The number of nitrogens with one attached hydrogen (secondary N) is 1. The number of ether oxygens (including phenoxy) is 2.